The molecule has 1 amide bonds. The van der Waals surface area contributed by atoms with Gasteiger partial charge < -0.3 is 10.2 Å². The molecule has 0 radical (unpaired) electrons. The minimum Gasteiger partial charge on any atom is -0.351 e. The molecule has 3 heterocycles. The van der Waals surface area contributed by atoms with Crippen LogP contribution in [0.3, 0.4) is 0 Å². The molecule has 2 fully saturated rings. The van der Waals surface area contributed by atoms with Crippen molar-refractivity contribution in [3.8, 4) is 0 Å². The summed E-state index contributed by atoms with van der Waals surface area (Å²) in [6, 6.07) is 2.06. The van der Waals surface area contributed by atoms with Gasteiger partial charge in [0.15, 0.2) is 0 Å². The van der Waals surface area contributed by atoms with Crippen molar-refractivity contribution < 1.29 is 4.79 Å². The predicted octanol–water partition coefficient (Wildman–Crippen LogP) is 2.76. The van der Waals surface area contributed by atoms with Crippen LogP contribution in [0.15, 0.2) is 17.1 Å². The zero-order valence-electron chi connectivity index (χ0n) is 17.9. The van der Waals surface area contributed by atoms with Crippen molar-refractivity contribution in [2.75, 3.05) is 38.8 Å². The van der Waals surface area contributed by atoms with Gasteiger partial charge in [-0.25, -0.2) is 4.98 Å². The molecule has 0 unspecified atom stereocenters. The van der Waals surface area contributed by atoms with Crippen LogP contribution in [0.25, 0.3) is 11.0 Å². The average Bonchev–Trinajstić information content (AvgIpc) is 3.27. The number of nitrogens with zero attached hydrogens (tertiary/aromatic N) is 5. The van der Waals surface area contributed by atoms with E-state index >= 15 is 0 Å². The average molecular weight is 431 g/mol. The number of piperidine rings is 1. The van der Waals surface area contributed by atoms with E-state index in [0.29, 0.717) is 17.6 Å². The Bertz CT molecular complexity index is 977. The molecule has 2 aromatic heterocycles. The first-order valence-electron chi connectivity index (χ1n) is 10.7. The summed E-state index contributed by atoms with van der Waals surface area (Å²) in [6.45, 7) is 2.07. The second kappa shape index (κ2) is 8.93. The van der Waals surface area contributed by atoms with E-state index in [4.69, 9.17) is 4.98 Å². The lowest BCUT2D eigenvalue weighted by Crippen LogP contribution is -2.36. The lowest BCUT2D eigenvalue weighted by molar-refractivity contribution is 0.0825. The van der Waals surface area contributed by atoms with Crippen LogP contribution in [-0.2, 0) is 0 Å². The van der Waals surface area contributed by atoms with Crippen molar-refractivity contribution in [3.63, 3.8) is 0 Å². The molecule has 2 aromatic rings. The highest BCUT2D eigenvalue weighted by molar-refractivity contribution is 7.96. The first kappa shape index (κ1) is 21.1. The van der Waals surface area contributed by atoms with Crippen molar-refractivity contribution in [3.05, 3.63) is 28.2 Å². The van der Waals surface area contributed by atoms with Gasteiger partial charge in [0.2, 0.25) is 5.95 Å². The number of amides is 1. The smallest absolute Gasteiger partial charge is 0.265 e. The van der Waals surface area contributed by atoms with Crippen LogP contribution < -0.4 is 10.9 Å². The summed E-state index contributed by atoms with van der Waals surface area (Å²) in [4.78, 5) is 36.6. The molecule has 162 valence electrons. The minimum atomic E-state index is -0.281. The molecule has 0 atom stereocenters. The van der Waals surface area contributed by atoms with Gasteiger partial charge in [0.1, 0.15) is 11.2 Å². The summed E-state index contributed by atoms with van der Waals surface area (Å²) in [5.41, 5.74) is 0.570. The molecule has 1 saturated carbocycles. The molecule has 8 nitrogen and oxygen atoms in total. The highest BCUT2D eigenvalue weighted by Crippen LogP contribution is 2.31. The second-order valence-electron chi connectivity index (χ2n) is 8.37. The maximum atomic E-state index is 13.3. The van der Waals surface area contributed by atoms with Gasteiger partial charge in [-0.15, -0.1) is 0 Å². The number of carbonyl (C=O) groups excluding carboxylic acids is 1. The van der Waals surface area contributed by atoms with E-state index in [9.17, 15) is 9.59 Å². The molecule has 0 bridgehead atoms. The number of hydrogen-bond donors (Lipinski definition) is 1. The number of anilines is 1. The van der Waals surface area contributed by atoms with Gasteiger partial charge in [-0.05, 0) is 38.0 Å². The number of pyridine rings is 1. The molecular weight excluding hydrogens is 400 g/mol. The molecule has 9 heteroatoms. The monoisotopic (exact) mass is 430 g/mol. The van der Waals surface area contributed by atoms with Crippen LogP contribution in [0.2, 0.25) is 0 Å². The maximum Gasteiger partial charge on any atom is 0.265 e. The third kappa shape index (κ3) is 4.18. The molecule has 0 spiro atoms. The highest BCUT2D eigenvalue weighted by Gasteiger charge is 2.26. The standard InChI is InChI=1S/C21H30N6O2S/c1-25(2)19(28)17-12-14-13-22-21(23-15-8-10-26(30-3)11-9-15)24-18(14)27(20(17)29)16-6-4-5-7-16/h12-13,15-16H,4-11H2,1-3H3,(H,22,23,24). The second-order valence-corrected chi connectivity index (χ2v) is 9.26. The molecule has 1 N–H and O–H groups in total. The number of carbonyl (C=O) groups is 1. The van der Waals surface area contributed by atoms with Gasteiger partial charge in [0.25, 0.3) is 11.5 Å². The van der Waals surface area contributed by atoms with Crippen LogP contribution in [0.1, 0.15) is 54.9 Å². The van der Waals surface area contributed by atoms with Crippen LogP contribution >= 0.6 is 11.9 Å². The van der Waals surface area contributed by atoms with E-state index in [2.05, 4.69) is 20.9 Å². The molecule has 1 saturated heterocycles. The Morgan fingerprint density at radius 1 is 1.20 bits per heavy atom. The largest absolute Gasteiger partial charge is 0.351 e. The van der Waals surface area contributed by atoms with Gasteiger partial charge in [0.05, 0.1) is 0 Å². The molecule has 1 aliphatic carbocycles. The highest BCUT2D eigenvalue weighted by atomic mass is 32.2. The Morgan fingerprint density at radius 3 is 2.53 bits per heavy atom. The number of hydrogen-bond acceptors (Lipinski definition) is 7. The first-order valence-corrected chi connectivity index (χ1v) is 11.9. The third-order valence-corrected chi connectivity index (χ3v) is 7.03. The third-order valence-electron chi connectivity index (χ3n) is 6.14. The summed E-state index contributed by atoms with van der Waals surface area (Å²) in [5, 5.41) is 4.19. The molecular formula is C21H30N6O2S. The van der Waals surface area contributed by atoms with Gasteiger partial charge >= 0.3 is 0 Å². The van der Waals surface area contributed by atoms with Gasteiger partial charge in [-0.1, -0.05) is 24.8 Å². The van der Waals surface area contributed by atoms with Crippen molar-refractivity contribution in [1.29, 1.82) is 0 Å². The Labute approximate surface area is 181 Å². The van der Waals surface area contributed by atoms with Crippen molar-refractivity contribution in [1.82, 2.24) is 23.7 Å². The zero-order valence-corrected chi connectivity index (χ0v) is 18.7. The fourth-order valence-corrected chi connectivity index (χ4v) is 5.03. The van der Waals surface area contributed by atoms with E-state index < -0.39 is 0 Å². The number of rotatable bonds is 5. The van der Waals surface area contributed by atoms with Crippen molar-refractivity contribution in [2.45, 2.75) is 50.6 Å². The zero-order chi connectivity index (χ0) is 21.3. The molecule has 30 heavy (non-hydrogen) atoms. The molecule has 2 aliphatic rings. The first-order chi connectivity index (χ1) is 14.5. The summed E-state index contributed by atoms with van der Waals surface area (Å²) < 4.78 is 4.11. The predicted molar refractivity (Wildman–Crippen MR) is 121 cm³/mol. The summed E-state index contributed by atoms with van der Waals surface area (Å²) in [7, 11) is 3.33. The van der Waals surface area contributed by atoms with E-state index in [1.807, 2.05) is 0 Å². The Kier molecular flexibility index (Phi) is 6.29. The lowest BCUT2D eigenvalue weighted by atomic mass is 10.1. The van der Waals surface area contributed by atoms with Crippen molar-refractivity contribution >= 4 is 34.8 Å². The molecule has 1 aliphatic heterocycles. The van der Waals surface area contributed by atoms with Crippen LogP contribution in [0.5, 0.6) is 0 Å². The van der Waals surface area contributed by atoms with Crippen LogP contribution in [0, 0.1) is 0 Å². The Hall–Kier alpha value is -2.13. The van der Waals surface area contributed by atoms with Gasteiger partial charge in [0, 0.05) is 50.9 Å². The van der Waals surface area contributed by atoms with E-state index in [-0.39, 0.29) is 23.1 Å². The Morgan fingerprint density at radius 2 is 1.90 bits per heavy atom. The van der Waals surface area contributed by atoms with Crippen LogP contribution in [0.4, 0.5) is 5.95 Å². The number of aromatic nitrogens is 3. The lowest BCUT2D eigenvalue weighted by Gasteiger charge is -2.30. The summed E-state index contributed by atoms with van der Waals surface area (Å²) >= 11 is 1.78. The minimum absolute atomic E-state index is 0.0856. The van der Waals surface area contributed by atoms with Gasteiger partial charge in [-0.2, -0.15) is 4.98 Å². The topological polar surface area (TPSA) is 83.4 Å². The van der Waals surface area contributed by atoms with Gasteiger partial charge in [-0.3, -0.25) is 18.5 Å². The normalized spacial score (nSPS) is 18.8. The fourth-order valence-electron chi connectivity index (χ4n) is 4.45. The quantitative estimate of drug-likeness (QED) is 0.730. The molecule has 4 rings (SSSR count). The fraction of sp³-hybridized carbons (Fsp3) is 0.619. The van der Waals surface area contributed by atoms with E-state index in [1.54, 1.807) is 42.9 Å². The maximum absolute atomic E-state index is 13.3. The van der Waals surface area contributed by atoms with Crippen LogP contribution in [-0.4, -0.2) is 69.1 Å². The number of fused-ring (bicyclic) bond motifs is 1. The summed E-state index contributed by atoms with van der Waals surface area (Å²) in [6.07, 6.45) is 9.98. The SMILES string of the molecule is CSN1CCC(Nc2ncc3cc(C(=O)N(C)C)c(=O)n(C4CCCC4)c3n2)CC1. The molecule has 0 aromatic carbocycles. The van der Waals surface area contributed by atoms with E-state index in [1.165, 1.54) is 4.90 Å². The summed E-state index contributed by atoms with van der Waals surface area (Å²) in [5.74, 6) is 0.277. The number of nitrogens with one attached hydrogen (secondary N) is 1. The van der Waals surface area contributed by atoms with E-state index in [0.717, 1.165) is 57.0 Å². The van der Waals surface area contributed by atoms with Crippen molar-refractivity contribution in [2.24, 2.45) is 0 Å². The Balaban J connectivity index is 1.71.